The van der Waals surface area contributed by atoms with Crippen molar-refractivity contribution >= 4 is 5.91 Å². The maximum absolute atomic E-state index is 12.3. The Kier molecular flexibility index (Phi) is 3.12. The van der Waals surface area contributed by atoms with Crippen molar-refractivity contribution in [2.75, 3.05) is 6.54 Å². The molecule has 2 saturated carbocycles. The maximum Gasteiger partial charge on any atom is 0.237 e. The molecule has 3 rings (SSSR count). The van der Waals surface area contributed by atoms with Crippen LogP contribution in [0.1, 0.15) is 45.4 Å². The number of hydrogen-bond donors (Lipinski definition) is 2. The van der Waals surface area contributed by atoms with E-state index in [1.165, 1.54) is 38.5 Å². The van der Waals surface area contributed by atoms with Gasteiger partial charge < -0.3 is 10.6 Å². The summed E-state index contributed by atoms with van der Waals surface area (Å²) in [5.74, 6) is 2.33. The van der Waals surface area contributed by atoms with Crippen LogP contribution < -0.4 is 10.6 Å². The number of nitrogens with one attached hydrogen (secondary N) is 2. The second kappa shape index (κ2) is 4.60. The fourth-order valence-corrected chi connectivity index (χ4v) is 4.11. The fourth-order valence-electron chi connectivity index (χ4n) is 4.11. The molecule has 1 amide bonds. The van der Waals surface area contributed by atoms with E-state index in [0.29, 0.717) is 17.9 Å². The fraction of sp³-hybridized carbons (Fsp3) is 0.929. The van der Waals surface area contributed by atoms with Crippen LogP contribution in [0.2, 0.25) is 0 Å². The quantitative estimate of drug-likeness (QED) is 0.766. The molecule has 0 aromatic carbocycles. The minimum atomic E-state index is 0.107. The van der Waals surface area contributed by atoms with Gasteiger partial charge in [0.1, 0.15) is 0 Å². The van der Waals surface area contributed by atoms with Crippen LogP contribution in [0.3, 0.4) is 0 Å². The van der Waals surface area contributed by atoms with Crippen molar-refractivity contribution in [2.24, 2.45) is 17.8 Å². The molecule has 0 bridgehead atoms. The third-order valence-corrected chi connectivity index (χ3v) is 5.22. The second-order valence-electron chi connectivity index (χ2n) is 6.26. The van der Waals surface area contributed by atoms with E-state index >= 15 is 0 Å². The largest absolute Gasteiger partial charge is 0.352 e. The van der Waals surface area contributed by atoms with Crippen molar-refractivity contribution in [3.8, 4) is 0 Å². The van der Waals surface area contributed by atoms with Crippen LogP contribution in [-0.4, -0.2) is 24.5 Å². The summed E-state index contributed by atoms with van der Waals surface area (Å²) in [7, 11) is 0. The minimum absolute atomic E-state index is 0.107. The zero-order chi connectivity index (χ0) is 11.8. The molecular formula is C14H24N2O. The van der Waals surface area contributed by atoms with Crippen molar-refractivity contribution < 1.29 is 4.79 Å². The average Bonchev–Trinajstić information content (AvgIpc) is 2.94. The molecule has 2 N–H and O–H groups in total. The van der Waals surface area contributed by atoms with Gasteiger partial charge in [0, 0.05) is 6.04 Å². The van der Waals surface area contributed by atoms with Crippen LogP contribution in [-0.2, 0) is 4.79 Å². The van der Waals surface area contributed by atoms with Gasteiger partial charge in [-0.25, -0.2) is 0 Å². The summed E-state index contributed by atoms with van der Waals surface area (Å²) in [6.45, 7) is 3.32. The van der Waals surface area contributed by atoms with E-state index in [4.69, 9.17) is 0 Å². The smallest absolute Gasteiger partial charge is 0.237 e. The van der Waals surface area contributed by atoms with E-state index in [1.54, 1.807) is 0 Å². The molecule has 1 aliphatic heterocycles. The van der Waals surface area contributed by atoms with Crippen molar-refractivity contribution in [1.82, 2.24) is 10.6 Å². The van der Waals surface area contributed by atoms with Crippen LogP contribution in [0, 0.1) is 17.8 Å². The molecule has 2 aliphatic carbocycles. The van der Waals surface area contributed by atoms with Gasteiger partial charge in [-0.1, -0.05) is 19.8 Å². The minimum Gasteiger partial charge on any atom is -0.352 e. The van der Waals surface area contributed by atoms with E-state index in [0.717, 1.165) is 12.5 Å². The Balaban J connectivity index is 1.59. The summed E-state index contributed by atoms with van der Waals surface area (Å²) in [6, 6.07) is 0.542. The zero-order valence-corrected chi connectivity index (χ0v) is 10.7. The lowest BCUT2D eigenvalue weighted by Crippen LogP contribution is -2.48. The normalized spacial score (nSPS) is 44.9. The van der Waals surface area contributed by atoms with Gasteiger partial charge in [0.25, 0.3) is 0 Å². The second-order valence-corrected chi connectivity index (χ2v) is 6.26. The molecule has 5 atom stereocenters. The van der Waals surface area contributed by atoms with Gasteiger partial charge in [-0.15, -0.1) is 0 Å². The molecule has 5 unspecified atom stereocenters. The lowest BCUT2D eigenvalue weighted by molar-refractivity contribution is -0.124. The first-order valence-electron chi connectivity index (χ1n) is 7.29. The molecule has 3 nitrogen and oxygen atoms in total. The monoisotopic (exact) mass is 236 g/mol. The number of rotatable bonds is 2. The van der Waals surface area contributed by atoms with Gasteiger partial charge in [0.15, 0.2) is 0 Å². The molecule has 1 saturated heterocycles. The highest BCUT2D eigenvalue weighted by molar-refractivity contribution is 5.83. The molecule has 0 aromatic heterocycles. The molecular weight excluding hydrogens is 212 g/mol. The summed E-state index contributed by atoms with van der Waals surface area (Å²) in [5, 5.41) is 6.72. The lowest BCUT2D eigenvalue weighted by atomic mass is 9.93. The predicted molar refractivity (Wildman–Crippen MR) is 67.6 cm³/mol. The third kappa shape index (κ3) is 2.10. The topological polar surface area (TPSA) is 41.1 Å². The Morgan fingerprint density at radius 1 is 1.18 bits per heavy atom. The SMILES string of the molecule is CC1CCCC1NC(=O)C1NCC2CCCC21. The Morgan fingerprint density at radius 2 is 2.00 bits per heavy atom. The van der Waals surface area contributed by atoms with E-state index in [1.807, 2.05) is 0 Å². The number of fused-ring (bicyclic) bond motifs is 1. The molecule has 3 aliphatic rings. The standard InChI is InChI=1S/C14H24N2O/c1-9-4-2-7-12(9)16-14(17)13-11-6-3-5-10(11)8-15-13/h9-13,15H,2-8H2,1H3,(H,16,17). The van der Waals surface area contributed by atoms with Gasteiger partial charge in [-0.2, -0.15) is 0 Å². The zero-order valence-electron chi connectivity index (χ0n) is 10.7. The van der Waals surface area contributed by atoms with Crippen LogP contribution in [0.15, 0.2) is 0 Å². The van der Waals surface area contributed by atoms with Gasteiger partial charge in [0.05, 0.1) is 6.04 Å². The summed E-state index contributed by atoms with van der Waals surface area (Å²) in [4.78, 5) is 12.3. The summed E-state index contributed by atoms with van der Waals surface area (Å²) >= 11 is 0. The van der Waals surface area contributed by atoms with Crippen molar-refractivity contribution in [3.05, 3.63) is 0 Å². The Morgan fingerprint density at radius 3 is 2.76 bits per heavy atom. The van der Waals surface area contributed by atoms with Gasteiger partial charge in [-0.05, 0) is 50.0 Å². The van der Waals surface area contributed by atoms with E-state index in [-0.39, 0.29) is 11.9 Å². The van der Waals surface area contributed by atoms with Crippen molar-refractivity contribution in [2.45, 2.75) is 57.5 Å². The summed E-state index contributed by atoms with van der Waals surface area (Å²) < 4.78 is 0. The summed E-state index contributed by atoms with van der Waals surface area (Å²) in [5.41, 5.74) is 0. The molecule has 96 valence electrons. The van der Waals surface area contributed by atoms with Crippen LogP contribution in [0.5, 0.6) is 0 Å². The van der Waals surface area contributed by atoms with Crippen LogP contribution in [0.4, 0.5) is 0 Å². The van der Waals surface area contributed by atoms with Crippen LogP contribution in [0.25, 0.3) is 0 Å². The molecule has 0 aromatic rings. The Labute approximate surface area is 104 Å². The number of carbonyl (C=O) groups excluding carboxylic acids is 1. The Bertz CT molecular complexity index is 305. The number of hydrogen-bond acceptors (Lipinski definition) is 2. The highest BCUT2D eigenvalue weighted by Crippen LogP contribution is 2.38. The van der Waals surface area contributed by atoms with Crippen LogP contribution >= 0.6 is 0 Å². The highest BCUT2D eigenvalue weighted by atomic mass is 16.2. The molecule has 3 heteroatoms. The first-order chi connectivity index (χ1) is 8.25. The molecule has 17 heavy (non-hydrogen) atoms. The van der Waals surface area contributed by atoms with Crippen molar-refractivity contribution in [1.29, 1.82) is 0 Å². The van der Waals surface area contributed by atoms with E-state index in [2.05, 4.69) is 17.6 Å². The highest BCUT2D eigenvalue weighted by Gasteiger charge is 2.43. The van der Waals surface area contributed by atoms with Crippen molar-refractivity contribution in [3.63, 3.8) is 0 Å². The first-order valence-corrected chi connectivity index (χ1v) is 7.29. The lowest BCUT2D eigenvalue weighted by Gasteiger charge is -2.23. The average molecular weight is 236 g/mol. The number of amides is 1. The first kappa shape index (κ1) is 11.5. The third-order valence-electron chi connectivity index (χ3n) is 5.22. The summed E-state index contributed by atoms with van der Waals surface area (Å²) in [6.07, 6.45) is 7.61. The van der Waals surface area contributed by atoms with Gasteiger partial charge in [-0.3, -0.25) is 4.79 Å². The maximum atomic E-state index is 12.3. The van der Waals surface area contributed by atoms with E-state index < -0.39 is 0 Å². The Hall–Kier alpha value is -0.570. The van der Waals surface area contributed by atoms with Gasteiger partial charge in [0.2, 0.25) is 5.91 Å². The molecule has 0 radical (unpaired) electrons. The molecule has 3 fully saturated rings. The van der Waals surface area contributed by atoms with Gasteiger partial charge >= 0.3 is 0 Å². The number of carbonyl (C=O) groups is 1. The molecule has 0 spiro atoms. The van der Waals surface area contributed by atoms with E-state index in [9.17, 15) is 4.79 Å². The molecule has 1 heterocycles. The predicted octanol–water partition coefficient (Wildman–Crippen LogP) is 1.68.